The van der Waals surface area contributed by atoms with E-state index in [0.29, 0.717) is 0 Å². The summed E-state index contributed by atoms with van der Waals surface area (Å²) in [6, 6.07) is 8.11. The van der Waals surface area contributed by atoms with Crippen LogP contribution in [0.4, 0.5) is 0 Å². The van der Waals surface area contributed by atoms with Gasteiger partial charge in [-0.2, -0.15) is 0 Å². The highest BCUT2D eigenvalue weighted by molar-refractivity contribution is 5.83. The Kier molecular flexibility index (Phi) is 4.52. The summed E-state index contributed by atoms with van der Waals surface area (Å²) in [6.45, 7) is 15.2. The monoisotopic (exact) mass is 274 g/mol. The number of pyridine rings is 1. The second kappa shape index (κ2) is 6.53. The lowest BCUT2D eigenvalue weighted by Gasteiger charge is -2.08. The summed E-state index contributed by atoms with van der Waals surface area (Å²) >= 11 is 0. The van der Waals surface area contributed by atoms with Crippen LogP contribution < -0.4 is 16.1 Å². The van der Waals surface area contributed by atoms with E-state index in [4.69, 9.17) is 0 Å². The van der Waals surface area contributed by atoms with Crippen molar-refractivity contribution in [1.29, 1.82) is 0 Å². The predicted molar refractivity (Wildman–Crippen MR) is 92.7 cm³/mol. The molecular formula is C19H18N2. The lowest BCUT2D eigenvalue weighted by Crippen LogP contribution is -2.41. The van der Waals surface area contributed by atoms with Gasteiger partial charge in [-0.1, -0.05) is 68.8 Å². The smallest absolute Gasteiger partial charge is 0.144 e. The van der Waals surface area contributed by atoms with Gasteiger partial charge in [0, 0.05) is 23.0 Å². The van der Waals surface area contributed by atoms with Crippen molar-refractivity contribution in [2.45, 2.75) is 0 Å². The van der Waals surface area contributed by atoms with E-state index in [9.17, 15) is 0 Å². The van der Waals surface area contributed by atoms with Crippen LogP contribution in [0.3, 0.4) is 0 Å². The molecule has 0 saturated carbocycles. The molecule has 0 radical (unpaired) electrons. The Balaban J connectivity index is 3.35. The lowest BCUT2D eigenvalue weighted by molar-refractivity contribution is 0.981. The molecule has 0 N–H and O–H groups in total. The van der Waals surface area contributed by atoms with Gasteiger partial charge in [-0.05, 0) is 11.5 Å². The molecule has 1 heterocycles. The average molecular weight is 274 g/mol. The zero-order valence-electron chi connectivity index (χ0n) is 12.0. The maximum atomic E-state index is 4.41. The fourth-order valence-electron chi connectivity index (χ4n) is 2.40. The second-order valence-electron chi connectivity index (χ2n) is 4.34. The van der Waals surface area contributed by atoms with Gasteiger partial charge in [0.1, 0.15) is 5.49 Å². The number of hydrogen-bond acceptors (Lipinski definition) is 1. The summed E-state index contributed by atoms with van der Waals surface area (Å²) in [7, 11) is 0. The van der Waals surface area contributed by atoms with Crippen LogP contribution in [-0.2, 0) is 0 Å². The van der Waals surface area contributed by atoms with E-state index in [1.807, 2.05) is 34.9 Å². The number of allylic oxidation sites excluding steroid dienone is 2. The molecule has 104 valence electrons. The Morgan fingerprint density at radius 1 is 0.905 bits per heavy atom. The van der Waals surface area contributed by atoms with Gasteiger partial charge in [0.05, 0.1) is 5.35 Å². The van der Waals surface area contributed by atoms with Crippen molar-refractivity contribution >= 4 is 29.1 Å². The first-order valence-electron chi connectivity index (χ1n) is 6.64. The highest BCUT2D eigenvalue weighted by atomic mass is 15.0. The normalized spacial score (nSPS) is 13.4. The molecule has 0 amide bonds. The number of fused-ring (bicyclic) bond motifs is 1. The molecule has 21 heavy (non-hydrogen) atoms. The molecule has 0 unspecified atom stereocenters. The SMILES string of the molecule is C=C/C=c1\c(=C/C=C)n(C=C)/c(=N\C=C)c2ccccc12. The second-order valence-corrected chi connectivity index (χ2v) is 4.34. The van der Waals surface area contributed by atoms with Gasteiger partial charge in [0.15, 0.2) is 0 Å². The lowest BCUT2D eigenvalue weighted by atomic mass is 10.1. The highest BCUT2D eigenvalue weighted by Crippen LogP contribution is 2.03. The van der Waals surface area contributed by atoms with Crippen LogP contribution in [0.25, 0.3) is 29.1 Å². The maximum absolute atomic E-state index is 4.41. The Morgan fingerprint density at radius 3 is 2.14 bits per heavy atom. The van der Waals surface area contributed by atoms with Crippen LogP contribution in [0.2, 0.25) is 0 Å². The van der Waals surface area contributed by atoms with Crippen molar-refractivity contribution in [3.05, 3.63) is 85.0 Å². The average Bonchev–Trinajstić information content (AvgIpc) is 2.51. The van der Waals surface area contributed by atoms with E-state index in [2.05, 4.69) is 37.4 Å². The Labute approximate surface area is 124 Å². The van der Waals surface area contributed by atoms with Crippen LogP contribution in [0.1, 0.15) is 0 Å². The Bertz CT molecular complexity index is 909. The van der Waals surface area contributed by atoms with Crippen LogP contribution in [0.5, 0.6) is 0 Å². The summed E-state index contributed by atoms with van der Waals surface area (Å²) in [6.07, 6.45) is 10.7. The van der Waals surface area contributed by atoms with E-state index in [0.717, 1.165) is 26.8 Å². The van der Waals surface area contributed by atoms with Gasteiger partial charge in [0.2, 0.25) is 0 Å². The third-order valence-electron chi connectivity index (χ3n) is 3.18. The van der Waals surface area contributed by atoms with Crippen LogP contribution in [-0.4, -0.2) is 4.57 Å². The minimum Gasteiger partial charge on any atom is -0.301 e. The molecule has 0 aliphatic carbocycles. The Morgan fingerprint density at radius 2 is 1.57 bits per heavy atom. The first kappa shape index (κ1) is 14.5. The minimum absolute atomic E-state index is 0.796. The fraction of sp³-hybridized carbons (Fsp3) is 0. The molecular weight excluding hydrogens is 256 g/mol. The van der Waals surface area contributed by atoms with Crippen LogP contribution in [0, 0.1) is 0 Å². The number of hydrogen-bond donors (Lipinski definition) is 0. The van der Waals surface area contributed by atoms with Gasteiger partial charge < -0.3 is 4.57 Å². The predicted octanol–water partition coefficient (Wildman–Crippen LogP) is 2.72. The van der Waals surface area contributed by atoms with E-state index in [1.165, 1.54) is 6.20 Å². The maximum Gasteiger partial charge on any atom is 0.144 e. The van der Waals surface area contributed by atoms with Gasteiger partial charge in [0.25, 0.3) is 0 Å². The molecule has 1 aromatic heterocycles. The zero-order valence-corrected chi connectivity index (χ0v) is 12.0. The van der Waals surface area contributed by atoms with Gasteiger partial charge in [-0.3, -0.25) is 0 Å². The quantitative estimate of drug-likeness (QED) is 0.815. The molecule has 2 aromatic rings. The van der Waals surface area contributed by atoms with Gasteiger partial charge in [-0.15, -0.1) is 0 Å². The fourth-order valence-corrected chi connectivity index (χ4v) is 2.40. The zero-order chi connectivity index (χ0) is 15.2. The molecule has 2 nitrogen and oxygen atoms in total. The minimum atomic E-state index is 0.796. The summed E-state index contributed by atoms with van der Waals surface area (Å²) < 4.78 is 1.93. The first-order valence-corrected chi connectivity index (χ1v) is 6.64. The summed E-state index contributed by atoms with van der Waals surface area (Å²) in [5.41, 5.74) is 0.796. The number of rotatable bonds is 4. The molecule has 2 rings (SSSR count). The van der Waals surface area contributed by atoms with Crippen LogP contribution in [0.15, 0.2) is 73.9 Å². The van der Waals surface area contributed by atoms with Gasteiger partial charge in [-0.25, -0.2) is 4.99 Å². The van der Waals surface area contributed by atoms with Crippen LogP contribution >= 0.6 is 0 Å². The first-order chi connectivity index (χ1) is 10.3. The van der Waals surface area contributed by atoms with Crippen molar-refractivity contribution in [3.8, 4) is 0 Å². The van der Waals surface area contributed by atoms with Crippen molar-refractivity contribution in [2.75, 3.05) is 0 Å². The molecule has 0 spiro atoms. The van der Waals surface area contributed by atoms with Crippen molar-refractivity contribution < 1.29 is 0 Å². The topological polar surface area (TPSA) is 17.3 Å². The van der Waals surface area contributed by atoms with E-state index in [-0.39, 0.29) is 0 Å². The van der Waals surface area contributed by atoms with Crippen molar-refractivity contribution in [1.82, 2.24) is 4.57 Å². The number of nitrogens with zero attached hydrogens (tertiary/aromatic N) is 2. The molecule has 0 aliphatic rings. The van der Waals surface area contributed by atoms with Crippen molar-refractivity contribution in [3.63, 3.8) is 0 Å². The van der Waals surface area contributed by atoms with Crippen molar-refractivity contribution in [2.24, 2.45) is 4.99 Å². The van der Waals surface area contributed by atoms with Gasteiger partial charge >= 0.3 is 0 Å². The number of benzene rings is 1. The molecule has 1 aromatic carbocycles. The molecule has 0 bridgehead atoms. The molecule has 0 saturated heterocycles. The van der Waals surface area contributed by atoms with E-state index in [1.54, 1.807) is 18.4 Å². The highest BCUT2D eigenvalue weighted by Gasteiger charge is 2.03. The third-order valence-corrected chi connectivity index (χ3v) is 3.18. The largest absolute Gasteiger partial charge is 0.301 e. The summed E-state index contributed by atoms with van der Waals surface area (Å²) in [5.74, 6) is 0. The third kappa shape index (κ3) is 2.56. The Hall–Kier alpha value is -2.87. The summed E-state index contributed by atoms with van der Waals surface area (Å²) in [5, 5.41) is 4.15. The standard InChI is InChI=1S/C19H18N2/c1-5-11-16-15-13-9-10-14-17(15)19(20-7-3)21(8-4)18(16)12-6-2/h5-14H,1-4H2/b16-11-,18-12+,20-19-. The molecule has 0 fully saturated rings. The van der Waals surface area contributed by atoms with E-state index >= 15 is 0 Å². The van der Waals surface area contributed by atoms with E-state index < -0.39 is 0 Å². The molecule has 0 atom stereocenters. The molecule has 0 aliphatic heterocycles. The molecule has 2 heteroatoms. The number of aromatic nitrogens is 1. The summed E-state index contributed by atoms with van der Waals surface area (Å²) in [4.78, 5) is 4.41.